The fourth-order valence-electron chi connectivity index (χ4n) is 3.59. The molecule has 1 atom stereocenters. The summed E-state index contributed by atoms with van der Waals surface area (Å²) < 4.78 is 2.11. The van der Waals surface area contributed by atoms with Gasteiger partial charge in [-0.2, -0.15) is 0 Å². The molecule has 1 unspecified atom stereocenters. The molecule has 5 heteroatoms. The zero-order valence-electron chi connectivity index (χ0n) is 16.4. The molecule has 0 spiro atoms. The number of H-pyrrole nitrogens is 1. The van der Waals surface area contributed by atoms with Gasteiger partial charge in [-0.3, -0.25) is 0 Å². The van der Waals surface area contributed by atoms with E-state index in [2.05, 4.69) is 78.3 Å². The molecule has 2 heterocycles. The Balaban J connectivity index is 1.50. The first-order chi connectivity index (χ1) is 13.0. The lowest BCUT2D eigenvalue weighted by molar-refractivity contribution is 0.765. The maximum Gasteiger partial charge on any atom is 0.203 e. The fourth-order valence-corrected chi connectivity index (χ4v) is 3.59. The lowest BCUT2D eigenvalue weighted by Gasteiger charge is -2.15. The molecule has 0 radical (unpaired) electrons. The first-order valence-electron chi connectivity index (χ1n) is 9.56. The van der Waals surface area contributed by atoms with Gasteiger partial charge in [-0.25, -0.2) is 4.98 Å². The van der Waals surface area contributed by atoms with Gasteiger partial charge >= 0.3 is 0 Å². The highest BCUT2D eigenvalue weighted by atomic mass is 15.2. The third-order valence-electron chi connectivity index (χ3n) is 4.84. The summed E-state index contributed by atoms with van der Waals surface area (Å²) in [6, 6.07) is 17.7. The average Bonchev–Trinajstić information content (AvgIpc) is 3.15. The number of imidazole rings is 1. The number of hydrogen-bond acceptors (Lipinski definition) is 3. The molecule has 3 N–H and O–H groups in total. The molecule has 0 aliphatic rings. The van der Waals surface area contributed by atoms with Crippen molar-refractivity contribution in [2.24, 2.45) is 7.05 Å². The van der Waals surface area contributed by atoms with Crippen molar-refractivity contribution in [2.75, 3.05) is 10.6 Å². The number of aryl methyl sites for hydroxylation is 1. The van der Waals surface area contributed by atoms with Crippen molar-refractivity contribution in [3.8, 4) is 0 Å². The number of nitrogens with one attached hydrogen (secondary N) is 3. The zero-order chi connectivity index (χ0) is 19.0. The summed E-state index contributed by atoms with van der Waals surface area (Å²) >= 11 is 0. The molecule has 27 heavy (non-hydrogen) atoms. The summed E-state index contributed by atoms with van der Waals surface area (Å²) in [5.41, 5.74) is 4.64. The fraction of sp³-hybridized carbons (Fsp3) is 0.318. The van der Waals surface area contributed by atoms with Crippen molar-refractivity contribution in [3.05, 3.63) is 54.1 Å². The standard InChI is InChI=1S/C22H27N5/c1-14(2)23-21-13-17-10-9-16(12-19(17)25-21)11-15(3)24-22-26-18-7-5-6-8-20(18)27(22)4/h5-10,12-15,23,25H,11H2,1-4H3,(H,24,26). The largest absolute Gasteiger partial charge is 0.369 e. The molecule has 140 valence electrons. The third kappa shape index (κ3) is 3.63. The molecule has 4 aromatic rings. The predicted molar refractivity (Wildman–Crippen MR) is 115 cm³/mol. The number of aromatic nitrogens is 3. The Kier molecular flexibility index (Phi) is 4.52. The molecule has 2 aromatic carbocycles. The van der Waals surface area contributed by atoms with E-state index >= 15 is 0 Å². The minimum Gasteiger partial charge on any atom is -0.369 e. The predicted octanol–water partition coefficient (Wildman–Crippen LogP) is 4.92. The van der Waals surface area contributed by atoms with Gasteiger partial charge in [0.05, 0.1) is 11.0 Å². The Morgan fingerprint density at radius 2 is 1.85 bits per heavy atom. The zero-order valence-corrected chi connectivity index (χ0v) is 16.4. The van der Waals surface area contributed by atoms with Gasteiger partial charge in [-0.1, -0.05) is 24.3 Å². The van der Waals surface area contributed by atoms with Gasteiger partial charge in [-0.05, 0) is 57.0 Å². The van der Waals surface area contributed by atoms with Gasteiger partial charge in [0.25, 0.3) is 0 Å². The van der Waals surface area contributed by atoms with Gasteiger partial charge < -0.3 is 20.2 Å². The minimum atomic E-state index is 0.279. The summed E-state index contributed by atoms with van der Waals surface area (Å²) in [7, 11) is 2.05. The second kappa shape index (κ2) is 6.99. The summed E-state index contributed by atoms with van der Waals surface area (Å²) in [5, 5.41) is 8.22. The van der Waals surface area contributed by atoms with Crippen LogP contribution in [0.15, 0.2) is 48.5 Å². The van der Waals surface area contributed by atoms with Crippen molar-refractivity contribution < 1.29 is 0 Å². The first-order valence-corrected chi connectivity index (χ1v) is 9.56. The molecular weight excluding hydrogens is 334 g/mol. The molecule has 2 aromatic heterocycles. The van der Waals surface area contributed by atoms with E-state index in [-0.39, 0.29) is 6.04 Å². The van der Waals surface area contributed by atoms with Crippen molar-refractivity contribution in [2.45, 2.75) is 39.3 Å². The Labute approximate surface area is 159 Å². The number of hydrogen-bond donors (Lipinski definition) is 3. The number of para-hydroxylation sites is 2. The van der Waals surface area contributed by atoms with Gasteiger partial charge in [0.1, 0.15) is 5.82 Å². The topological polar surface area (TPSA) is 57.7 Å². The Morgan fingerprint density at radius 3 is 2.63 bits per heavy atom. The first kappa shape index (κ1) is 17.5. The number of fused-ring (bicyclic) bond motifs is 2. The van der Waals surface area contributed by atoms with E-state index in [0.29, 0.717) is 6.04 Å². The normalized spacial score (nSPS) is 12.8. The number of benzene rings is 2. The molecule has 0 fully saturated rings. The van der Waals surface area contributed by atoms with Gasteiger partial charge in [0.2, 0.25) is 5.95 Å². The van der Waals surface area contributed by atoms with Gasteiger partial charge in [-0.15, -0.1) is 0 Å². The Hall–Kier alpha value is -2.95. The number of anilines is 2. The molecular formula is C22H27N5. The van der Waals surface area contributed by atoms with Gasteiger partial charge in [0, 0.05) is 30.0 Å². The average molecular weight is 361 g/mol. The second-order valence-electron chi connectivity index (χ2n) is 7.64. The van der Waals surface area contributed by atoms with E-state index in [9.17, 15) is 0 Å². The maximum absolute atomic E-state index is 4.71. The summed E-state index contributed by atoms with van der Waals surface area (Å²) in [6.07, 6.45) is 0.936. The van der Waals surface area contributed by atoms with Crippen LogP contribution in [0.5, 0.6) is 0 Å². The smallest absolute Gasteiger partial charge is 0.203 e. The van der Waals surface area contributed by atoms with E-state index in [4.69, 9.17) is 4.98 Å². The van der Waals surface area contributed by atoms with Crippen molar-refractivity contribution in [1.82, 2.24) is 14.5 Å². The van der Waals surface area contributed by atoms with Crippen LogP contribution in [-0.2, 0) is 13.5 Å². The van der Waals surface area contributed by atoms with Crippen LogP contribution in [0.2, 0.25) is 0 Å². The van der Waals surface area contributed by atoms with Crippen LogP contribution in [0.1, 0.15) is 26.3 Å². The van der Waals surface area contributed by atoms with Crippen LogP contribution in [0.4, 0.5) is 11.8 Å². The monoisotopic (exact) mass is 361 g/mol. The van der Waals surface area contributed by atoms with Crippen LogP contribution in [-0.4, -0.2) is 26.6 Å². The maximum atomic E-state index is 4.71. The number of nitrogens with zero attached hydrogens (tertiary/aromatic N) is 2. The highest BCUT2D eigenvalue weighted by Crippen LogP contribution is 2.22. The van der Waals surface area contributed by atoms with E-state index in [1.54, 1.807) is 0 Å². The lowest BCUT2D eigenvalue weighted by Crippen LogP contribution is -2.20. The van der Waals surface area contributed by atoms with Crippen LogP contribution in [0.3, 0.4) is 0 Å². The summed E-state index contributed by atoms with van der Waals surface area (Å²) in [6.45, 7) is 6.49. The number of rotatable bonds is 6. The van der Waals surface area contributed by atoms with Crippen molar-refractivity contribution >= 4 is 33.7 Å². The van der Waals surface area contributed by atoms with E-state index in [1.807, 2.05) is 18.2 Å². The molecule has 0 amide bonds. The van der Waals surface area contributed by atoms with Crippen molar-refractivity contribution in [1.29, 1.82) is 0 Å². The van der Waals surface area contributed by atoms with Crippen molar-refractivity contribution in [3.63, 3.8) is 0 Å². The quantitative estimate of drug-likeness (QED) is 0.457. The Bertz CT molecular complexity index is 1070. The Morgan fingerprint density at radius 1 is 1.04 bits per heavy atom. The van der Waals surface area contributed by atoms with Gasteiger partial charge in [0.15, 0.2) is 0 Å². The summed E-state index contributed by atoms with van der Waals surface area (Å²) in [4.78, 5) is 8.18. The van der Waals surface area contributed by atoms with Crippen LogP contribution >= 0.6 is 0 Å². The second-order valence-corrected chi connectivity index (χ2v) is 7.64. The molecule has 0 aliphatic heterocycles. The summed E-state index contributed by atoms with van der Waals surface area (Å²) in [5.74, 6) is 1.98. The number of aromatic amines is 1. The molecule has 0 bridgehead atoms. The third-order valence-corrected chi connectivity index (χ3v) is 4.84. The van der Waals surface area contributed by atoms with E-state index in [1.165, 1.54) is 16.5 Å². The van der Waals surface area contributed by atoms with E-state index < -0.39 is 0 Å². The highest BCUT2D eigenvalue weighted by molar-refractivity contribution is 5.84. The molecule has 0 saturated carbocycles. The minimum absolute atomic E-state index is 0.279. The molecule has 0 aliphatic carbocycles. The molecule has 5 nitrogen and oxygen atoms in total. The van der Waals surface area contributed by atoms with Crippen LogP contribution in [0.25, 0.3) is 21.9 Å². The molecule has 4 rings (SSSR count). The molecule has 0 saturated heterocycles. The van der Waals surface area contributed by atoms with E-state index in [0.717, 1.165) is 29.2 Å². The SMILES string of the molecule is CC(C)Nc1cc2ccc(CC(C)Nc3nc4ccccc4n3C)cc2[nH]1. The van der Waals surface area contributed by atoms with Crippen LogP contribution in [0, 0.1) is 0 Å². The van der Waals surface area contributed by atoms with Crippen LogP contribution < -0.4 is 10.6 Å². The lowest BCUT2D eigenvalue weighted by atomic mass is 10.1. The highest BCUT2D eigenvalue weighted by Gasteiger charge is 2.11.